The van der Waals surface area contributed by atoms with Gasteiger partial charge in [-0.1, -0.05) is 6.07 Å². The summed E-state index contributed by atoms with van der Waals surface area (Å²) in [4.78, 5) is 12.3. The van der Waals surface area contributed by atoms with E-state index in [2.05, 4.69) is 5.32 Å². The number of hydrogen-bond donors (Lipinski definition) is 1. The number of nitrogens with one attached hydrogen (secondary N) is 1. The van der Waals surface area contributed by atoms with Gasteiger partial charge in [0.1, 0.15) is 17.3 Å². The first-order chi connectivity index (χ1) is 10.9. The van der Waals surface area contributed by atoms with Crippen LogP contribution in [0, 0.1) is 12.7 Å². The van der Waals surface area contributed by atoms with Crippen LogP contribution in [0.3, 0.4) is 0 Å². The number of halogens is 1. The van der Waals surface area contributed by atoms with Crippen molar-refractivity contribution in [1.29, 1.82) is 0 Å². The first-order valence-electron chi connectivity index (χ1n) is 7.33. The zero-order valence-corrected chi connectivity index (χ0v) is 13.6. The Morgan fingerprint density at radius 3 is 2.52 bits per heavy atom. The molecule has 0 atom stereocenters. The summed E-state index contributed by atoms with van der Waals surface area (Å²) >= 11 is 0. The third-order valence-electron chi connectivity index (χ3n) is 3.23. The summed E-state index contributed by atoms with van der Waals surface area (Å²) in [7, 11) is 1.54. The summed E-state index contributed by atoms with van der Waals surface area (Å²) in [6.45, 7) is 5.43. The van der Waals surface area contributed by atoms with Crippen LogP contribution in [0.15, 0.2) is 36.4 Å². The summed E-state index contributed by atoms with van der Waals surface area (Å²) in [5, 5.41) is 2.74. The van der Waals surface area contributed by atoms with E-state index < -0.39 is 11.7 Å². The summed E-state index contributed by atoms with van der Waals surface area (Å²) in [6.07, 6.45) is -0.0455. The molecule has 2 rings (SSSR count). The smallest absolute Gasteiger partial charge is 0.255 e. The van der Waals surface area contributed by atoms with Gasteiger partial charge in [0.15, 0.2) is 0 Å². The number of methoxy groups -OCH3 is 1. The Balaban J connectivity index is 2.29. The molecule has 0 aliphatic carbocycles. The van der Waals surface area contributed by atoms with Gasteiger partial charge in [0.05, 0.1) is 18.9 Å². The van der Waals surface area contributed by atoms with E-state index in [0.717, 1.165) is 0 Å². The second-order valence-corrected chi connectivity index (χ2v) is 5.45. The number of anilines is 1. The second kappa shape index (κ2) is 7.13. The molecule has 0 aromatic heterocycles. The maximum atomic E-state index is 13.6. The predicted octanol–water partition coefficient (Wildman–Crippen LogP) is 4.18. The second-order valence-electron chi connectivity index (χ2n) is 5.45. The Kier molecular flexibility index (Phi) is 5.21. The van der Waals surface area contributed by atoms with E-state index in [1.807, 2.05) is 13.8 Å². The average molecular weight is 317 g/mol. The predicted molar refractivity (Wildman–Crippen MR) is 87.8 cm³/mol. The van der Waals surface area contributed by atoms with Crippen LogP contribution in [0.5, 0.6) is 11.5 Å². The monoisotopic (exact) mass is 317 g/mol. The van der Waals surface area contributed by atoms with Crippen LogP contribution < -0.4 is 14.8 Å². The molecule has 2 aromatic rings. The highest BCUT2D eigenvalue weighted by Gasteiger charge is 2.13. The molecule has 0 unspecified atom stereocenters. The van der Waals surface area contributed by atoms with Crippen LogP contribution in [0.2, 0.25) is 0 Å². The standard InChI is InChI=1S/C18H20FNO3/c1-11(2)23-17-8-7-14(22-4)10-16(17)20-18(21)13-6-5-12(3)15(19)9-13/h5-11H,1-4H3,(H,20,21). The van der Waals surface area contributed by atoms with E-state index in [1.54, 1.807) is 44.4 Å². The summed E-state index contributed by atoms with van der Waals surface area (Å²) in [5.41, 5.74) is 1.21. The summed E-state index contributed by atoms with van der Waals surface area (Å²) < 4.78 is 24.5. The quantitative estimate of drug-likeness (QED) is 0.900. The van der Waals surface area contributed by atoms with E-state index in [4.69, 9.17) is 9.47 Å². The number of hydrogen-bond acceptors (Lipinski definition) is 3. The zero-order chi connectivity index (χ0) is 17.0. The number of ether oxygens (including phenoxy) is 2. The SMILES string of the molecule is COc1ccc(OC(C)C)c(NC(=O)c2ccc(C)c(F)c2)c1. The van der Waals surface area contributed by atoms with Crippen molar-refractivity contribution in [3.8, 4) is 11.5 Å². The van der Waals surface area contributed by atoms with E-state index in [9.17, 15) is 9.18 Å². The van der Waals surface area contributed by atoms with E-state index in [1.165, 1.54) is 6.07 Å². The van der Waals surface area contributed by atoms with Gasteiger partial charge in [-0.15, -0.1) is 0 Å². The number of benzene rings is 2. The first kappa shape index (κ1) is 16.8. The maximum Gasteiger partial charge on any atom is 0.255 e. The van der Waals surface area contributed by atoms with Gasteiger partial charge in [-0.05, 0) is 50.6 Å². The molecule has 0 aliphatic heterocycles. The molecule has 0 saturated carbocycles. The van der Waals surface area contributed by atoms with Crippen molar-refractivity contribution in [2.75, 3.05) is 12.4 Å². The number of amides is 1. The normalized spacial score (nSPS) is 10.5. The van der Waals surface area contributed by atoms with Gasteiger partial charge in [-0.3, -0.25) is 4.79 Å². The number of carbonyl (C=O) groups is 1. The van der Waals surface area contributed by atoms with Gasteiger partial charge in [0.25, 0.3) is 5.91 Å². The fourth-order valence-corrected chi connectivity index (χ4v) is 2.02. The minimum absolute atomic E-state index is 0.0455. The molecule has 0 saturated heterocycles. The van der Waals surface area contributed by atoms with E-state index in [-0.39, 0.29) is 11.7 Å². The molecule has 5 heteroatoms. The van der Waals surface area contributed by atoms with Crippen molar-refractivity contribution in [1.82, 2.24) is 0 Å². The molecule has 1 N–H and O–H groups in total. The topological polar surface area (TPSA) is 47.6 Å². The first-order valence-corrected chi connectivity index (χ1v) is 7.33. The molecule has 1 amide bonds. The van der Waals surface area contributed by atoms with E-state index >= 15 is 0 Å². The Morgan fingerprint density at radius 1 is 1.17 bits per heavy atom. The highest BCUT2D eigenvalue weighted by Crippen LogP contribution is 2.30. The van der Waals surface area contributed by atoms with Crippen molar-refractivity contribution < 1.29 is 18.7 Å². The average Bonchev–Trinajstić information content (AvgIpc) is 2.51. The third-order valence-corrected chi connectivity index (χ3v) is 3.23. The van der Waals surface area contributed by atoms with Gasteiger partial charge in [0, 0.05) is 11.6 Å². The van der Waals surface area contributed by atoms with Gasteiger partial charge in [-0.25, -0.2) is 4.39 Å². The molecule has 0 heterocycles. The lowest BCUT2D eigenvalue weighted by atomic mass is 10.1. The number of carbonyl (C=O) groups excluding carboxylic acids is 1. The van der Waals surface area contributed by atoms with Crippen LogP contribution >= 0.6 is 0 Å². The highest BCUT2D eigenvalue weighted by molar-refractivity contribution is 6.05. The number of aryl methyl sites for hydroxylation is 1. The Labute approximate surface area is 135 Å². The molecular weight excluding hydrogens is 297 g/mol. The molecule has 23 heavy (non-hydrogen) atoms. The van der Waals surface area contributed by atoms with E-state index in [0.29, 0.717) is 22.7 Å². The van der Waals surface area contributed by atoms with Crippen LogP contribution in [-0.4, -0.2) is 19.1 Å². The molecule has 0 fully saturated rings. The molecular formula is C18H20FNO3. The fraction of sp³-hybridized carbons (Fsp3) is 0.278. The lowest BCUT2D eigenvalue weighted by Crippen LogP contribution is -2.15. The maximum absolute atomic E-state index is 13.6. The van der Waals surface area contributed by atoms with Crippen molar-refractivity contribution in [2.24, 2.45) is 0 Å². The van der Waals surface area contributed by atoms with Crippen molar-refractivity contribution in [3.05, 3.63) is 53.3 Å². The van der Waals surface area contributed by atoms with Crippen LogP contribution in [0.1, 0.15) is 29.8 Å². The Morgan fingerprint density at radius 2 is 1.91 bits per heavy atom. The van der Waals surface area contributed by atoms with Gasteiger partial charge < -0.3 is 14.8 Å². The number of rotatable bonds is 5. The lowest BCUT2D eigenvalue weighted by molar-refractivity contribution is 0.102. The molecule has 4 nitrogen and oxygen atoms in total. The third kappa shape index (κ3) is 4.22. The van der Waals surface area contributed by atoms with Crippen LogP contribution in [-0.2, 0) is 0 Å². The van der Waals surface area contributed by atoms with Crippen LogP contribution in [0.4, 0.5) is 10.1 Å². The minimum atomic E-state index is -0.415. The Bertz CT molecular complexity index is 713. The van der Waals surface area contributed by atoms with Gasteiger partial charge >= 0.3 is 0 Å². The fourth-order valence-electron chi connectivity index (χ4n) is 2.02. The molecule has 0 aliphatic rings. The molecule has 0 spiro atoms. The van der Waals surface area contributed by atoms with Crippen molar-refractivity contribution >= 4 is 11.6 Å². The summed E-state index contributed by atoms with van der Waals surface area (Å²) in [5.74, 6) is 0.293. The van der Waals surface area contributed by atoms with Gasteiger partial charge in [0.2, 0.25) is 0 Å². The van der Waals surface area contributed by atoms with Gasteiger partial charge in [-0.2, -0.15) is 0 Å². The lowest BCUT2D eigenvalue weighted by Gasteiger charge is -2.16. The van der Waals surface area contributed by atoms with Crippen LogP contribution in [0.25, 0.3) is 0 Å². The Hall–Kier alpha value is -2.56. The molecule has 0 radical (unpaired) electrons. The molecule has 122 valence electrons. The summed E-state index contributed by atoms with van der Waals surface area (Å²) in [6, 6.07) is 9.51. The minimum Gasteiger partial charge on any atom is -0.497 e. The largest absolute Gasteiger partial charge is 0.497 e. The van der Waals surface area contributed by atoms with Crippen molar-refractivity contribution in [2.45, 2.75) is 26.9 Å². The molecule has 2 aromatic carbocycles. The molecule has 0 bridgehead atoms. The van der Waals surface area contributed by atoms with Crippen molar-refractivity contribution in [3.63, 3.8) is 0 Å². The zero-order valence-electron chi connectivity index (χ0n) is 13.6. The highest BCUT2D eigenvalue weighted by atomic mass is 19.1.